The lowest BCUT2D eigenvalue weighted by atomic mass is 10.1. The van der Waals surface area contributed by atoms with Gasteiger partial charge >= 0.3 is 0 Å². The molecule has 1 aromatic heterocycles. The number of carbonyl (C=O) groups is 2. The van der Waals surface area contributed by atoms with Gasteiger partial charge in [0.15, 0.2) is 0 Å². The number of hydrogen-bond donors (Lipinski definition) is 0. The quantitative estimate of drug-likeness (QED) is 0.663. The summed E-state index contributed by atoms with van der Waals surface area (Å²) in [5.74, 6) is -0.260. The normalized spacial score (nSPS) is 13.3. The van der Waals surface area contributed by atoms with Crippen molar-refractivity contribution in [3.63, 3.8) is 0 Å². The van der Waals surface area contributed by atoms with E-state index in [2.05, 4.69) is 4.98 Å². The van der Waals surface area contributed by atoms with Crippen molar-refractivity contribution < 1.29 is 9.59 Å². The largest absolute Gasteiger partial charge is 0.339 e. The van der Waals surface area contributed by atoms with Crippen LogP contribution in [-0.2, 0) is 6.54 Å². The van der Waals surface area contributed by atoms with Gasteiger partial charge in [-0.1, -0.05) is 48.5 Å². The van der Waals surface area contributed by atoms with Crippen LogP contribution in [0.4, 0.5) is 5.69 Å². The summed E-state index contributed by atoms with van der Waals surface area (Å²) in [7, 11) is 0. The predicted molar refractivity (Wildman–Crippen MR) is 113 cm³/mol. The molecular weight excluding hydrogens is 362 g/mol. The molecule has 2 amide bonds. The number of nitrogens with zero attached hydrogens (tertiary/aromatic N) is 3. The highest BCUT2D eigenvalue weighted by molar-refractivity contribution is 6.06. The van der Waals surface area contributed by atoms with Crippen LogP contribution < -0.4 is 4.90 Å². The highest BCUT2D eigenvalue weighted by Gasteiger charge is 2.23. The summed E-state index contributed by atoms with van der Waals surface area (Å²) >= 11 is 0. The molecule has 1 aliphatic heterocycles. The van der Waals surface area contributed by atoms with E-state index in [0.29, 0.717) is 12.1 Å². The molecule has 3 aromatic rings. The van der Waals surface area contributed by atoms with E-state index in [1.54, 1.807) is 23.2 Å². The van der Waals surface area contributed by atoms with E-state index >= 15 is 0 Å². The van der Waals surface area contributed by atoms with Gasteiger partial charge in [-0.25, -0.2) is 0 Å². The van der Waals surface area contributed by atoms with Crippen LogP contribution in [0.15, 0.2) is 79.0 Å². The Morgan fingerprint density at radius 2 is 1.55 bits per heavy atom. The standard InChI is InChI=1S/C24H23N3O2/c28-23(26-15-7-8-16-26)20-13-14-25-22(17-20)24(29)27(21-11-5-2-6-12-21)18-19-9-3-1-4-10-19/h1-6,9-14,17H,7-8,15-16,18H2. The van der Waals surface area contributed by atoms with Crippen LogP contribution in [0, 0.1) is 0 Å². The van der Waals surface area contributed by atoms with E-state index in [1.165, 1.54) is 0 Å². The number of amides is 2. The second-order valence-corrected chi connectivity index (χ2v) is 7.14. The fourth-order valence-corrected chi connectivity index (χ4v) is 3.58. The van der Waals surface area contributed by atoms with Gasteiger partial charge in [0.25, 0.3) is 11.8 Å². The number of anilines is 1. The number of aromatic nitrogens is 1. The van der Waals surface area contributed by atoms with Crippen molar-refractivity contribution in [1.82, 2.24) is 9.88 Å². The molecule has 2 heterocycles. The van der Waals surface area contributed by atoms with Crippen LogP contribution in [0.2, 0.25) is 0 Å². The Balaban J connectivity index is 1.63. The average molecular weight is 385 g/mol. The van der Waals surface area contributed by atoms with Crippen LogP contribution in [0.1, 0.15) is 39.3 Å². The SMILES string of the molecule is O=C(c1ccnc(C(=O)N(Cc2ccccc2)c2ccccc2)c1)N1CCCC1. The first kappa shape index (κ1) is 18.9. The van der Waals surface area contributed by atoms with Crippen molar-refractivity contribution in [2.45, 2.75) is 19.4 Å². The highest BCUT2D eigenvalue weighted by Crippen LogP contribution is 2.20. The summed E-state index contributed by atoms with van der Waals surface area (Å²) in [6.07, 6.45) is 3.60. The lowest BCUT2D eigenvalue weighted by Crippen LogP contribution is -2.32. The molecule has 0 radical (unpaired) electrons. The summed E-state index contributed by atoms with van der Waals surface area (Å²) in [6.45, 7) is 1.97. The third-order valence-electron chi connectivity index (χ3n) is 5.12. The number of benzene rings is 2. The number of pyridine rings is 1. The lowest BCUT2D eigenvalue weighted by molar-refractivity contribution is 0.0792. The van der Waals surface area contributed by atoms with E-state index in [-0.39, 0.29) is 17.5 Å². The Hall–Kier alpha value is -3.47. The minimum atomic E-state index is -0.226. The molecule has 0 N–H and O–H groups in total. The van der Waals surface area contributed by atoms with Crippen LogP contribution in [0.25, 0.3) is 0 Å². The maximum atomic E-state index is 13.4. The fourth-order valence-electron chi connectivity index (χ4n) is 3.58. The van der Waals surface area contributed by atoms with Crippen LogP contribution >= 0.6 is 0 Å². The highest BCUT2D eigenvalue weighted by atomic mass is 16.2. The molecule has 29 heavy (non-hydrogen) atoms. The van der Waals surface area contributed by atoms with E-state index in [0.717, 1.165) is 37.2 Å². The van der Waals surface area contributed by atoms with E-state index in [1.807, 2.05) is 65.6 Å². The minimum Gasteiger partial charge on any atom is -0.339 e. The molecular formula is C24H23N3O2. The topological polar surface area (TPSA) is 53.5 Å². The molecule has 146 valence electrons. The van der Waals surface area contributed by atoms with Crippen molar-refractivity contribution in [2.75, 3.05) is 18.0 Å². The van der Waals surface area contributed by atoms with E-state index in [4.69, 9.17) is 0 Å². The van der Waals surface area contributed by atoms with Gasteiger partial charge < -0.3 is 9.80 Å². The molecule has 0 aliphatic carbocycles. The Kier molecular flexibility index (Phi) is 5.66. The third kappa shape index (κ3) is 4.35. The molecule has 0 unspecified atom stereocenters. The average Bonchev–Trinajstić information content (AvgIpc) is 3.33. The molecule has 4 rings (SSSR count). The maximum Gasteiger partial charge on any atom is 0.277 e. The first-order chi connectivity index (χ1) is 14.2. The Morgan fingerprint density at radius 1 is 0.897 bits per heavy atom. The number of hydrogen-bond acceptors (Lipinski definition) is 3. The Labute approximate surface area is 170 Å². The molecule has 1 saturated heterocycles. The van der Waals surface area contributed by atoms with Crippen LogP contribution in [0.3, 0.4) is 0 Å². The van der Waals surface area contributed by atoms with Crippen molar-refractivity contribution >= 4 is 17.5 Å². The molecule has 2 aromatic carbocycles. The monoisotopic (exact) mass is 385 g/mol. The van der Waals surface area contributed by atoms with Crippen molar-refractivity contribution in [3.8, 4) is 0 Å². The maximum absolute atomic E-state index is 13.4. The van der Waals surface area contributed by atoms with Crippen LogP contribution in [0.5, 0.6) is 0 Å². The number of likely N-dealkylation sites (tertiary alicyclic amines) is 1. The summed E-state index contributed by atoms with van der Waals surface area (Å²) in [5.41, 5.74) is 2.60. The van der Waals surface area contributed by atoms with Gasteiger partial charge in [0.2, 0.25) is 0 Å². The first-order valence-corrected chi connectivity index (χ1v) is 9.88. The Morgan fingerprint density at radius 3 is 2.24 bits per heavy atom. The molecule has 0 bridgehead atoms. The third-order valence-corrected chi connectivity index (χ3v) is 5.12. The van der Waals surface area contributed by atoms with Crippen LogP contribution in [-0.4, -0.2) is 34.8 Å². The summed E-state index contributed by atoms with van der Waals surface area (Å²) in [6, 6.07) is 22.7. The fraction of sp³-hybridized carbons (Fsp3) is 0.208. The lowest BCUT2D eigenvalue weighted by Gasteiger charge is -2.23. The minimum absolute atomic E-state index is 0.0340. The van der Waals surface area contributed by atoms with Crippen molar-refractivity contribution in [3.05, 3.63) is 95.8 Å². The second-order valence-electron chi connectivity index (χ2n) is 7.14. The van der Waals surface area contributed by atoms with Gasteiger partial charge in [-0.15, -0.1) is 0 Å². The molecule has 0 spiro atoms. The van der Waals surface area contributed by atoms with Gasteiger partial charge in [-0.2, -0.15) is 0 Å². The zero-order chi connectivity index (χ0) is 20.1. The zero-order valence-corrected chi connectivity index (χ0v) is 16.2. The summed E-state index contributed by atoms with van der Waals surface area (Å²) in [4.78, 5) is 33.9. The second kappa shape index (κ2) is 8.69. The number of carbonyl (C=O) groups excluding carboxylic acids is 2. The smallest absolute Gasteiger partial charge is 0.277 e. The molecule has 0 saturated carbocycles. The molecule has 1 aliphatic rings. The molecule has 5 nitrogen and oxygen atoms in total. The first-order valence-electron chi connectivity index (χ1n) is 9.88. The molecule has 5 heteroatoms. The zero-order valence-electron chi connectivity index (χ0n) is 16.2. The number of para-hydroxylation sites is 1. The number of rotatable bonds is 5. The van der Waals surface area contributed by atoms with Crippen molar-refractivity contribution in [1.29, 1.82) is 0 Å². The van der Waals surface area contributed by atoms with Gasteiger partial charge in [0.1, 0.15) is 5.69 Å². The van der Waals surface area contributed by atoms with Gasteiger partial charge in [0, 0.05) is 30.5 Å². The van der Waals surface area contributed by atoms with E-state index < -0.39 is 0 Å². The van der Waals surface area contributed by atoms with Gasteiger partial charge in [-0.05, 0) is 42.7 Å². The summed E-state index contributed by atoms with van der Waals surface area (Å²) < 4.78 is 0. The molecule has 0 atom stereocenters. The van der Waals surface area contributed by atoms with Gasteiger partial charge in [0.05, 0.1) is 6.54 Å². The van der Waals surface area contributed by atoms with Crippen molar-refractivity contribution in [2.24, 2.45) is 0 Å². The predicted octanol–water partition coefficient (Wildman–Crippen LogP) is 4.16. The molecule has 1 fully saturated rings. The van der Waals surface area contributed by atoms with Gasteiger partial charge in [-0.3, -0.25) is 14.6 Å². The summed E-state index contributed by atoms with van der Waals surface area (Å²) in [5, 5.41) is 0. The van der Waals surface area contributed by atoms with E-state index in [9.17, 15) is 9.59 Å². The Bertz CT molecular complexity index is 983.